The van der Waals surface area contributed by atoms with Crippen LogP contribution in [0.25, 0.3) is 16.0 Å². The maximum atomic E-state index is 13.0. The molecule has 0 spiro atoms. The number of rotatable bonds is 3. The molecule has 0 fully saturated rings. The molecular weight excluding hydrogens is 358 g/mol. The molecule has 0 saturated carbocycles. The molecule has 1 amide bonds. The first kappa shape index (κ1) is 19.2. The fraction of sp³-hybridized carbons (Fsp3) is 0.300. The first-order valence-electron chi connectivity index (χ1n) is 8.68. The van der Waals surface area contributed by atoms with Crippen LogP contribution in [-0.4, -0.2) is 42.2 Å². The van der Waals surface area contributed by atoms with Gasteiger partial charge in [0.1, 0.15) is 11.5 Å². The van der Waals surface area contributed by atoms with Crippen LogP contribution >= 0.6 is 0 Å². The van der Waals surface area contributed by atoms with Crippen LogP contribution in [0, 0.1) is 12.0 Å². The van der Waals surface area contributed by atoms with Crippen molar-refractivity contribution in [2.45, 2.75) is 13.8 Å². The first-order valence-corrected chi connectivity index (χ1v) is 8.68. The molecule has 3 N–H and O–H groups in total. The number of methoxy groups -OCH3 is 1. The quantitative estimate of drug-likeness (QED) is 0.712. The Balaban J connectivity index is 2.07. The molecule has 1 aromatic carbocycles. The minimum atomic E-state index is -0.567. The minimum Gasteiger partial charge on any atom is -0.507 e. The number of ether oxygens (including phenoxy) is 1. The topological polar surface area (TPSA) is 100 Å². The van der Waals surface area contributed by atoms with Crippen molar-refractivity contribution in [2.24, 2.45) is 10.4 Å². The molecule has 0 aliphatic carbocycles. The molecule has 1 aromatic heterocycles. The third kappa shape index (κ3) is 3.74. The summed E-state index contributed by atoms with van der Waals surface area (Å²) in [5, 5.41) is 16.2. The largest absolute Gasteiger partial charge is 0.507 e. The highest BCUT2D eigenvalue weighted by Crippen LogP contribution is 2.42. The van der Waals surface area contributed by atoms with E-state index < -0.39 is 5.91 Å². The van der Waals surface area contributed by atoms with Gasteiger partial charge in [-0.15, -0.1) is 0 Å². The minimum absolute atomic E-state index is 0.00402. The van der Waals surface area contributed by atoms with E-state index >= 15 is 0 Å². The van der Waals surface area contributed by atoms with E-state index in [2.05, 4.69) is 39.3 Å². The SMILES string of the molecule is [C-]#[N+]c1ccc(O)c(C(=O)NC2=NCC(C)(C)CN2)c1-c1ccncc1OC. The number of aliphatic imine (C=N–C) groups is 1. The lowest BCUT2D eigenvalue weighted by atomic mass is 9.93. The van der Waals surface area contributed by atoms with Gasteiger partial charge >= 0.3 is 0 Å². The molecule has 1 aliphatic heterocycles. The summed E-state index contributed by atoms with van der Waals surface area (Å²) in [6.45, 7) is 12.8. The molecule has 1 aliphatic rings. The van der Waals surface area contributed by atoms with Crippen LogP contribution in [0.15, 0.2) is 35.6 Å². The third-order valence-electron chi connectivity index (χ3n) is 4.41. The van der Waals surface area contributed by atoms with Crippen molar-refractivity contribution >= 4 is 17.6 Å². The smallest absolute Gasteiger partial charge is 0.261 e. The van der Waals surface area contributed by atoms with Crippen molar-refractivity contribution in [1.29, 1.82) is 0 Å². The lowest BCUT2D eigenvalue weighted by Gasteiger charge is -2.29. The van der Waals surface area contributed by atoms with E-state index in [9.17, 15) is 9.90 Å². The number of carbonyl (C=O) groups is 1. The summed E-state index contributed by atoms with van der Waals surface area (Å²) in [4.78, 5) is 24.9. The van der Waals surface area contributed by atoms with Gasteiger partial charge in [0.05, 0.1) is 25.4 Å². The summed E-state index contributed by atoms with van der Waals surface area (Å²) < 4.78 is 5.33. The van der Waals surface area contributed by atoms with E-state index in [0.29, 0.717) is 30.4 Å². The maximum Gasteiger partial charge on any atom is 0.261 e. The average molecular weight is 379 g/mol. The summed E-state index contributed by atoms with van der Waals surface area (Å²) in [5.74, 6) is -0.0789. The van der Waals surface area contributed by atoms with Crippen LogP contribution in [0.4, 0.5) is 5.69 Å². The Morgan fingerprint density at radius 1 is 1.39 bits per heavy atom. The Hall–Kier alpha value is -3.60. The van der Waals surface area contributed by atoms with Crippen molar-refractivity contribution in [3.05, 3.63) is 47.6 Å². The Kier molecular flexibility index (Phi) is 5.18. The molecule has 2 aromatic rings. The molecule has 144 valence electrons. The molecule has 8 nitrogen and oxygen atoms in total. The van der Waals surface area contributed by atoms with Crippen LogP contribution in [0.3, 0.4) is 0 Å². The summed E-state index contributed by atoms with van der Waals surface area (Å²) in [6, 6.07) is 4.43. The Morgan fingerprint density at radius 3 is 2.82 bits per heavy atom. The highest BCUT2D eigenvalue weighted by molar-refractivity contribution is 6.13. The number of hydrogen-bond acceptors (Lipinski definition) is 6. The van der Waals surface area contributed by atoms with Crippen molar-refractivity contribution in [1.82, 2.24) is 15.6 Å². The van der Waals surface area contributed by atoms with Crippen LogP contribution in [0.2, 0.25) is 0 Å². The number of aromatic nitrogens is 1. The van der Waals surface area contributed by atoms with Gasteiger partial charge in [-0.2, -0.15) is 0 Å². The monoisotopic (exact) mass is 379 g/mol. The van der Waals surface area contributed by atoms with Crippen molar-refractivity contribution < 1.29 is 14.6 Å². The number of aromatic hydroxyl groups is 1. The number of carbonyl (C=O) groups excluding carboxylic acids is 1. The lowest BCUT2D eigenvalue weighted by molar-refractivity contribution is 0.0972. The average Bonchev–Trinajstić information content (AvgIpc) is 2.69. The van der Waals surface area contributed by atoms with Gasteiger partial charge in [-0.1, -0.05) is 19.9 Å². The summed E-state index contributed by atoms with van der Waals surface area (Å²) in [5.41, 5.74) is 0.961. The summed E-state index contributed by atoms with van der Waals surface area (Å²) >= 11 is 0. The normalized spacial score (nSPS) is 15.0. The van der Waals surface area contributed by atoms with Gasteiger partial charge in [-0.3, -0.25) is 20.1 Å². The zero-order valence-electron chi connectivity index (χ0n) is 15.9. The number of phenols is 1. The maximum absolute atomic E-state index is 13.0. The van der Waals surface area contributed by atoms with Gasteiger partial charge in [0.15, 0.2) is 11.6 Å². The number of phenolic OH excluding ortho intramolecular Hbond substituents is 1. The van der Waals surface area contributed by atoms with Crippen LogP contribution in [0.5, 0.6) is 11.5 Å². The molecule has 0 saturated heterocycles. The predicted octanol–water partition coefficient (Wildman–Crippen LogP) is 2.73. The third-order valence-corrected chi connectivity index (χ3v) is 4.41. The summed E-state index contributed by atoms with van der Waals surface area (Å²) in [7, 11) is 1.48. The molecule has 3 rings (SSSR count). The van der Waals surface area contributed by atoms with E-state index in [4.69, 9.17) is 11.3 Å². The second kappa shape index (κ2) is 7.56. The number of nitrogens with one attached hydrogen (secondary N) is 2. The molecular formula is C20H21N5O3. The molecule has 0 bridgehead atoms. The molecule has 0 radical (unpaired) electrons. The fourth-order valence-electron chi connectivity index (χ4n) is 2.91. The van der Waals surface area contributed by atoms with Gasteiger partial charge in [0.25, 0.3) is 5.91 Å². The Labute approximate surface area is 163 Å². The number of hydrogen-bond donors (Lipinski definition) is 3. The second-order valence-electron chi connectivity index (χ2n) is 7.18. The second-order valence-corrected chi connectivity index (χ2v) is 7.18. The van der Waals surface area contributed by atoms with Gasteiger partial charge in [-0.25, -0.2) is 4.85 Å². The Bertz CT molecular complexity index is 992. The highest BCUT2D eigenvalue weighted by atomic mass is 16.5. The number of amides is 1. The van der Waals surface area contributed by atoms with Crippen molar-refractivity contribution in [2.75, 3.05) is 20.2 Å². The van der Waals surface area contributed by atoms with E-state index in [1.807, 2.05) is 0 Å². The van der Waals surface area contributed by atoms with E-state index in [-0.39, 0.29) is 28.0 Å². The van der Waals surface area contributed by atoms with E-state index in [1.165, 1.54) is 31.6 Å². The van der Waals surface area contributed by atoms with E-state index in [0.717, 1.165) is 0 Å². The highest BCUT2D eigenvalue weighted by Gasteiger charge is 2.27. The zero-order chi connectivity index (χ0) is 20.3. The van der Waals surface area contributed by atoms with Gasteiger partial charge < -0.3 is 15.2 Å². The first-order chi connectivity index (χ1) is 13.4. The zero-order valence-corrected chi connectivity index (χ0v) is 15.9. The van der Waals surface area contributed by atoms with Crippen LogP contribution in [0.1, 0.15) is 24.2 Å². The van der Waals surface area contributed by atoms with Gasteiger partial charge in [0, 0.05) is 35.8 Å². The molecule has 8 heteroatoms. The lowest BCUT2D eigenvalue weighted by Crippen LogP contribution is -2.49. The van der Waals surface area contributed by atoms with Crippen molar-refractivity contribution in [3.8, 4) is 22.6 Å². The number of nitrogens with zero attached hydrogens (tertiary/aromatic N) is 3. The predicted molar refractivity (Wildman–Crippen MR) is 106 cm³/mol. The molecule has 0 unspecified atom stereocenters. The number of benzene rings is 1. The van der Waals surface area contributed by atoms with Crippen LogP contribution < -0.4 is 15.4 Å². The molecule has 0 atom stereocenters. The molecule has 2 heterocycles. The number of guanidine groups is 1. The Morgan fingerprint density at radius 2 is 2.18 bits per heavy atom. The molecule has 28 heavy (non-hydrogen) atoms. The fourth-order valence-corrected chi connectivity index (χ4v) is 2.91. The van der Waals surface area contributed by atoms with Crippen LogP contribution in [-0.2, 0) is 0 Å². The van der Waals surface area contributed by atoms with Gasteiger partial charge in [0.2, 0.25) is 0 Å². The van der Waals surface area contributed by atoms with Crippen molar-refractivity contribution in [3.63, 3.8) is 0 Å². The van der Waals surface area contributed by atoms with Gasteiger partial charge in [-0.05, 0) is 12.1 Å². The van der Waals surface area contributed by atoms with E-state index in [1.54, 1.807) is 6.07 Å². The summed E-state index contributed by atoms with van der Waals surface area (Å²) in [6.07, 6.45) is 3.02. The standard InChI is InChI=1S/C20H21N5O3/c1-20(2)10-23-19(24-11-20)25-18(27)17-14(26)6-5-13(21-3)16(17)12-7-8-22-9-15(12)28-4/h5-9,26H,10-11H2,1-2,4H3,(H2,23,24,25,27). The number of pyridine rings is 1.